The fourth-order valence-corrected chi connectivity index (χ4v) is 10.7. The Morgan fingerprint density at radius 1 is 0.579 bits per heavy atom. The Hall–Kier alpha value is -4.06. The molecule has 0 saturated carbocycles. The number of hydrogen-bond donors (Lipinski definition) is 2. The van der Waals surface area contributed by atoms with E-state index in [0.29, 0.717) is 58.5 Å². The van der Waals surface area contributed by atoms with Crippen molar-refractivity contribution in [1.29, 1.82) is 0 Å². The fraction of sp³-hybridized carbons (Fsp3) is 0.204. The number of aromatic nitrogens is 6. The van der Waals surface area contributed by atoms with Crippen LogP contribution in [0.1, 0.15) is 82.1 Å². The van der Waals surface area contributed by atoms with E-state index in [0.717, 1.165) is 64.7 Å². The van der Waals surface area contributed by atoms with Crippen molar-refractivity contribution >= 4 is 190 Å². The zero-order chi connectivity index (χ0) is 54.7. The summed E-state index contributed by atoms with van der Waals surface area (Å²) in [4.78, 5) is 51.8. The van der Waals surface area contributed by atoms with Gasteiger partial charge in [0.25, 0.3) is 17.7 Å². The van der Waals surface area contributed by atoms with E-state index < -0.39 is 5.97 Å². The van der Waals surface area contributed by atoms with Crippen molar-refractivity contribution in [2.45, 2.75) is 46.8 Å². The third-order valence-electron chi connectivity index (χ3n) is 11.5. The number of carbonyl (C=O) groups excluding carboxylic acids is 3. The topological polar surface area (TPSA) is 181 Å². The largest absolute Gasteiger partial charge is 0.478 e. The Morgan fingerprint density at radius 3 is 1.26 bits per heavy atom. The second-order valence-electron chi connectivity index (χ2n) is 16.5. The standard InChI is InChI=1S/C17H14ClIN2O2.C16H10ClIN2O3.C16H12ClIN2O2.C4H8O.CH3I.B/c1-10-4-3-5-13(18)15(10)17(22)21-14-8-11(9-23-2)6-7-12(14)16(19)20-21;1-8-3-2-4-11(17)13(8)15(21)20-12-7-9(16(22)23)5-6-10(12)14(18)19-20;1-9-3-2-4-12(17)14(9)16(22)20-13-7-10(8-21)5-6-11(13)15(18)19-20;1-2-4-5-3-1;1-2;/h3-8H,9H2,1-2H3;2-7H,1H3,(H,22,23);2-7,21H,8H2,1H3;1-4H2;1H3;. The van der Waals surface area contributed by atoms with Crippen LogP contribution in [0.3, 0.4) is 0 Å². The van der Waals surface area contributed by atoms with Gasteiger partial charge in [-0.1, -0.05) is 106 Å². The first kappa shape index (κ1) is 62.8. The molecular weight excluding hydrogens is 1490 g/mol. The summed E-state index contributed by atoms with van der Waals surface area (Å²) in [5, 5.41) is 35.1. The molecule has 1 saturated heterocycles. The summed E-state index contributed by atoms with van der Waals surface area (Å²) in [6.07, 6.45) is 2.56. The lowest BCUT2D eigenvalue weighted by atomic mass is 10.1. The first-order valence-corrected chi connectivity index (χ1v) is 29.2. The van der Waals surface area contributed by atoms with Crippen LogP contribution in [0.4, 0.5) is 0 Å². The van der Waals surface area contributed by atoms with Crippen LogP contribution in [0.5, 0.6) is 0 Å². The minimum absolute atomic E-state index is 0. The fourth-order valence-electron chi connectivity index (χ4n) is 7.81. The van der Waals surface area contributed by atoms with E-state index in [9.17, 15) is 24.3 Å². The minimum Gasteiger partial charge on any atom is -0.478 e. The number of alkyl halides is 1. The second-order valence-corrected chi connectivity index (χ2v) is 20.8. The molecule has 0 aliphatic carbocycles. The molecule has 3 radical (unpaired) electrons. The average Bonchev–Trinajstić information content (AvgIpc) is 4.22. The van der Waals surface area contributed by atoms with Crippen molar-refractivity contribution in [2.75, 3.05) is 25.3 Å². The van der Waals surface area contributed by atoms with Gasteiger partial charge in [-0.25, -0.2) is 4.79 Å². The maximum atomic E-state index is 13.0. The molecule has 14 nitrogen and oxygen atoms in total. The Labute approximate surface area is 510 Å². The summed E-state index contributed by atoms with van der Waals surface area (Å²) in [5.41, 5.74) is 7.32. The van der Waals surface area contributed by atoms with Gasteiger partial charge < -0.3 is 19.7 Å². The van der Waals surface area contributed by atoms with E-state index in [1.165, 1.54) is 39.0 Å². The summed E-state index contributed by atoms with van der Waals surface area (Å²) in [7, 11) is 1.64. The number of aliphatic hydroxyl groups excluding tert-OH is 1. The number of carboxylic acids is 1. The summed E-state index contributed by atoms with van der Waals surface area (Å²) >= 11 is 27.0. The summed E-state index contributed by atoms with van der Waals surface area (Å²) in [5.74, 6) is -1.94. The number of aliphatic hydroxyl groups is 1. The maximum Gasteiger partial charge on any atom is 0.335 e. The van der Waals surface area contributed by atoms with E-state index in [-0.39, 0.29) is 38.3 Å². The lowest BCUT2D eigenvalue weighted by Gasteiger charge is -2.08. The van der Waals surface area contributed by atoms with Crippen molar-refractivity contribution in [1.82, 2.24) is 29.3 Å². The van der Waals surface area contributed by atoms with Crippen LogP contribution in [0.25, 0.3) is 32.7 Å². The lowest BCUT2D eigenvalue weighted by molar-refractivity contribution is 0.0695. The Balaban J connectivity index is 0.000000196. The molecule has 393 valence electrons. The molecule has 76 heavy (non-hydrogen) atoms. The van der Waals surface area contributed by atoms with Gasteiger partial charge in [-0.3, -0.25) is 14.4 Å². The number of nitrogens with zero attached hydrogens (tertiary/aromatic N) is 6. The van der Waals surface area contributed by atoms with Crippen LogP contribution >= 0.6 is 125 Å². The van der Waals surface area contributed by atoms with Crippen LogP contribution in [0.2, 0.25) is 15.1 Å². The number of methoxy groups -OCH3 is 1. The average molecular weight is 1530 g/mol. The van der Waals surface area contributed by atoms with E-state index >= 15 is 0 Å². The van der Waals surface area contributed by atoms with Gasteiger partial charge in [0, 0.05) is 44.9 Å². The SMILES string of the molecule is C1CCOC1.CI.COCc1ccc2c(I)nn(C(=O)c3c(C)cccc3Cl)c2c1.Cc1cccc(Cl)c1C(=O)n1nc(I)c2ccc(C(=O)O)cc21.Cc1cccc(Cl)c1C(=O)n1nc(I)c2ccc(CO)cc21.[B]. The molecule has 0 bridgehead atoms. The molecule has 9 aromatic rings. The predicted molar refractivity (Wildman–Crippen MR) is 334 cm³/mol. The molecule has 4 heterocycles. The number of ether oxygens (including phenoxy) is 2. The normalized spacial score (nSPS) is 11.5. The lowest BCUT2D eigenvalue weighted by Crippen LogP contribution is -2.16. The number of carbonyl (C=O) groups is 4. The Morgan fingerprint density at radius 2 is 0.934 bits per heavy atom. The third-order valence-corrected chi connectivity index (χ3v) is 14.8. The number of fused-ring (bicyclic) bond motifs is 3. The molecule has 0 amide bonds. The third kappa shape index (κ3) is 14.6. The molecule has 10 rings (SSSR count). The highest BCUT2D eigenvalue weighted by atomic mass is 127. The maximum absolute atomic E-state index is 13.0. The minimum atomic E-state index is -1.06. The van der Waals surface area contributed by atoms with Crippen molar-refractivity contribution < 1.29 is 38.9 Å². The molecular formula is C54H47BCl3I4N6O8. The van der Waals surface area contributed by atoms with Crippen molar-refractivity contribution in [3.63, 3.8) is 0 Å². The van der Waals surface area contributed by atoms with E-state index in [1.807, 2.05) is 96.0 Å². The molecule has 3 aromatic heterocycles. The molecule has 1 fully saturated rings. The van der Waals surface area contributed by atoms with Crippen molar-refractivity contribution in [3.8, 4) is 0 Å². The van der Waals surface area contributed by atoms with Gasteiger partial charge in [0.2, 0.25) is 0 Å². The van der Waals surface area contributed by atoms with Crippen LogP contribution in [0.15, 0.2) is 109 Å². The number of halogens is 7. The smallest absolute Gasteiger partial charge is 0.335 e. The Kier molecular flexibility index (Phi) is 24.2. The van der Waals surface area contributed by atoms with Crippen molar-refractivity contribution in [2.24, 2.45) is 0 Å². The number of benzene rings is 6. The van der Waals surface area contributed by atoms with E-state index in [2.05, 4.69) is 83.1 Å². The number of carboxylic acid groups (broad SMARTS) is 1. The highest BCUT2D eigenvalue weighted by molar-refractivity contribution is 14.1. The molecule has 0 unspecified atom stereocenters. The quantitative estimate of drug-likeness (QED) is 0.0880. The number of aryl methyl sites for hydroxylation is 3. The molecule has 6 aromatic carbocycles. The summed E-state index contributed by atoms with van der Waals surface area (Å²) < 4.78 is 16.2. The molecule has 1 aliphatic heterocycles. The summed E-state index contributed by atoms with van der Waals surface area (Å²) in [6, 6.07) is 31.9. The van der Waals surface area contributed by atoms with E-state index in [4.69, 9.17) is 49.4 Å². The van der Waals surface area contributed by atoms with Crippen LogP contribution in [0, 0.1) is 31.9 Å². The van der Waals surface area contributed by atoms with Gasteiger partial charge in [0.15, 0.2) is 0 Å². The predicted octanol–water partition coefficient (Wildman–Crippen LogP) is 13.7. The summed E-state index contributed by atoms with van der Waals surface area (Å²) in [6.45, 7) is 7.90. The van der Waals surface area contributed by atoms with Gasteiger partial charge in [-0.05, 0) is 195 Å². The Bertz CT molecular complexity index is 3520. The van der Waals surface area contributed by atoms with Gasteiger partial charge >= 0.3 is 5.97 Å². The molecule has 2 N–H and O–H groups in total. The van der Waals surface area contributed by atoms with Gasteiger partial charge in [-0.15, -0.1) is 0 Å². The zero-order valence-electron chi connectivity index (χ0n) is 41.4. The van der Waals surface area contributed by atoms with E-state index in [1.54, 1.807) is 56.5 Å². The number of aromatic carboxylic acids is 1. The highest BCUT2D eigenvalue weighted by Gasteiger charge is 2.24. The van der Waals surface area contributed by atoms with Gasteiger partial charge in [0.05, 0.1) is 67.1 Å². The highest BCUT2D eigenvalue weighted by Crippen LogP contribution is 2.30. The second kappa shape index (κ2) is 29.2. The molecule has 22 heteroatoms. The van der Waals surface area contributed by atoms with Crippen molar-refractivity contribution in [3.05, 3.63) is 185 Å². The zero-order valence-corrected chi connectivity index (χ0v) is 52.3. The van der Waals surface area contributed by atoms with Gasteiger partial charge in [0.1, 0.15) is 11.1 Å². The molecule has 0 spiro atoms. The first-order chi connectivity index (χ1) is 35.9. The first-order valence-electron chi connectivity index (χ1n) is 22.7. The van der Waals surface area contributed by atoms with Crippen LogP contribution < -0.4 is 0 Å². The van der Waals surface area contributed by atoms with Gasteiger partial charge in [-0.2, -0.15) is 29.3 Å². The number of rotatable bonds is 7. The van der Waals surface area contributed by atoms with Crippen LogP contribution in [-0.4, -0.2) is 96.9 Å². The molecule has 0 atom stereocenters. The molecule has 1 aliphatic rings. The monoisotopic (exact) mass is 1530 g/mol. The van der Waals surface area contributed by atoms with Crippen LogP contribution in [-0.2, 0) is 22.7 Å². The number of hydrogen-bond acceptors (Lipinski definition) is 10.